The van der Waals surface area contributed by atoms with Crippen LogP contribution in [0, 0.1) is 0 Å². The number of hydrogen-bond donors (Lipinski definition) is 3. The van der Waals surface area contributed by atoms with E-state index in [4.69, 9.17) is 23.8 Å². The van der Waals surface area contributed by atoms with Crippen LogP contribution in [0.3, 0.4) is 0 Å². The lowest BCUT2D eigenvalue weighted by molar-refractivity contribution is -0.660. The van der Waals surface area contributed by atoms with Crippen molar-refractivity contribution in [1.29, 1.82) is 0 Å². The lowest BCUT2D eigenvalue weighted by atomic mass is 9.84. The number of nitrogens with one attached hydrogen (secondary N) is 3. The Labute approximate surface area is 375 Å². The van der Waals surface area contributed by atoms with Gasteiger partial charge in [0.05, 0.1) is 19.1 Å². The fourth-order valence-electron chi connectivity index (χ4n) is 5.70. The number of rotatable bonds is 17. The van der Waals surface area contributed by atoms with E-state index in [9.17, 15) is 36.9 Å². The quantitative estimate of drug-likeness (QED) is 0.0200. The average Bonchev–Trinajstić information content (AvgIpc) is 3.75. The van der Waals surface area contributed by atoms with E-state index in [1.165, 1.54) is 19.2 Å². The highest BCUT2D eigenvalue weighted by molar-refractivity contribution is 7.80. The molecular formula is C40H56N8O14S2. The molecule has 0 unspecified atom stereocenters. The van der Waals surface area contributed by atoms with Crippen molar-refractivity contribution >= 4 is 62.5 Å². The van der Waals surface area contributed by atoms with Crippen LogP contribution in [0.1, 0.15) is 88.3 Å². The number of nitrogens with zero attached hydrogens (tertiary/aromatic N) is 5. The zero-order valence-corrected chi connectivity index (χ0v) is 39.4. The molecule has 4 rings (SSSR count). The van der Waals surface area contributed by atoms with Crippen LogP contribution in [-0.4, -0.2) is 111 Å². The molecule has 4 amide bonds. The molecular weight excluding hydrogens is 881 g/mol. The predicted molar refractivity (Wildman–Crippen MR) is 228 cm³/mol. The summed E-state index contributed by atoms with van der Waals surface area (Å²) in [6, 6.07) is 5.57. The molecule has 0 spiro atoms. The molecule has 0 saturated carbocycles. The maximum Gasteiger partial charge on any atom is 0.413 e. The molecule has 1 saturated heterocycles. The summed E-state index contributed by atoms with van der Waals surface area (Å²) < 4.78 is 64.0. The fraction of sp³-hybridized carbons (Fsp3) is 0.550. The third-order valence-electron chi connectivity index (χ3n) is 8.43. The Morgan fingerprint density at radius 3 is 2.16 bits per heavy atom. The number of amides is 4. The van der Waals surface area contributed by atoms with Crippen LogP contribution in [0.25, 0.3) is 11.3 Å². The molecule has 24 heteroatoms. The fourth-order valence-corrected chi connectivity index (χ4v) is 6.83. The summed E-state index contributed by atoms with van der Waals surface area (Å²) in [5, 5.41) is 13.2. The molecule has 1 aliphatic rings. The molecule has 0 aliphatic carbocycles. The number of aryl methyl sites for hydroxylation is 2. The van der Waals surface area contributed by atoms with Crippen molar-refractivity contribution in [3.8, 4) is 17.0 Å². The summed E-state index contributed by atoms with van der Waals surface area (Å²) in [7, 11) is -3.44. The smallest absolute Gasteiger partial charge is 0.413 e. The lowest BCUT2D eigenvalue weighted by Crippen LogP contribution is -2.76. The third-order valence-corrected chi connectivity index (χ3v) is 9.52. The van der Waals surface area contributed by atoms with E-state index in [-0.39, 0.29) is 10.8 Å². The number of oxime groups is 1. The molecule has 3 heterocycles. The number of hydrogen-bond acceptors (Lipinski definition) is 17. The number of anilines is 1. The van der Waals surface area contributed by atoms with Crippen LogP contribution in [0.15, 0.2) is 47.3 Å². The molecule has 1 fully saturated rings. The first-order chi connectivity index (χ1) is 29.4. The van der Waals surface area contributed by atoms with Crippen molar-refractivity contribution in [3.63, 3.8) is 0 Å². The van der Waals surface area contributed by atoms with Gasteiger partial charge in [-0.3, -0.25) is 14.9 Å². The number of imidazole rings is 1. The maximum absolute atomic E-state index is 13.9. The molecule has 0 bridgehead atoms. The number of aromatic nitrogens is 3. The number of hydroxylamine groups is 2. The van der Waals surface area contributed by atoms with E-state index < -0.39 is 87.2 Å². The number of carbonyl (C=O) groups is 5. The number of thiazole rings is 1. The molecule has 3 aromatic rings. The Hall–Kier alpha value is -5.85. The zero-order chi connectivity index (χ0) is 48.0. The molecule has 2 atom stereocenters. The highest BCUT2D eigenvalue weighted by Gasteiger charge is 2.57. The number of carbonyl (C=O) groups excluding carboxylic acids is 5. The second-order valence-corrected chi connectivity index (χ2v) is 19.8. The average molecular weight is 937 g/mol. The minimum Gasteiger partial charge on any atom is -0.724 e. The second kappa shape index (κ2) is 19.9. The van der Waals surface area contributed by atoms with Gasteiger partial charge in [0.1, 0.15) is 47.1 Å². The van der Waals surface area contributed by atoms with Gasteiger partial charge in [0.25, 0.3) is 17.9 Å². The van der Waals surface area contributed by atoms with Gasteiger partial charge in [0.15, 0.2) is 16.5 Å². The highest BCUT2D eigenvalue weighted by atomic mass is 32.3. The first-order valence-electron chi connectivity index (χ1n) is 19.9. The van der Waals surface area contributed by atoms with E-state index in [1.807, 2.05) is 40.8 Å². The molecule has 1 aromatic carbocycles. The van der Waals surface area contributed by atoms with Gasteiger partial charge >= 0.3 is 18.2 Å². The third kappa shape index (κ3) is 15.2. The zero-order valence-electron chi connectivity index (χ0n) is 37.8. The molecule has 64 heavy (non-hydrogen) atoms. The first-order valence-corrected chi connectivity index (χ1v) is 22.1. The summed E-state index contributed by atoms with van der Waals surface area (Å²) in [4.78, 5) is 74.5. The molecule has 0 radical (unpaired) electrons. The Morgan fingerprint density at radius 2 is 1.58 bits per heavy atom. The standard InChI is InChI=1S/C40H56N8O14S2/c1-37(2,3)58-33(51)28(21-57-25-16-14-24(15-17-25)27-20-47(23-46(27)12)19-13-18-41-35(52)59-38(4,5)6)61-45-29(26-22-63-34(42-26)44-36(53)60-39(7,8)9)31(49)43-30-32(50)48(40(30,10)11)62-64(54,55)56/h14-17,20,22-23,28,30H,13,18-19,21H2,1-12H3,(H3-,41,42,43,44,49,52,53,54,55,56)/b45-29-/t28-,30+/m0/s1. The van der Waals surface area contributed by atoms with Gasteiger partial charge in [-0.15, -0.1) is 11.3 Å². The van der Waals surface area contributed by atoms with Crippen molar-refractivity contribution < 1.29 is 69.6 Å². The van der Waals surface area contributed by atoms with Crippen LogP contribution in [0.4, 0.5) is 14.7 Å². The van der Waals surface area contributed by atoms with Crippen molar-refractivity contribution in [1.82, 2.24) is 25.2 Å². The largest absolute Gasteiger partial charge is 0.724 e. The van der Waals surface area contributed by atoms with Gasteiger partial charge in [-0.1, -0.05) is 5.16 Å². The van der Waals surface area contributed by atoms with E-state index in [1.54, 1.807) is 74.4 Å². The van der Waals surface area contributed by atoms with Crippen LogP contribution in [0.2, 0.25) is 0 Å². The second-order valence-electron chi connectivity index (χ2n) is 18.0. The monoisotopic (exact) mass is 936 g/mol. The van der Waals surface area contributed by atoms with Crippen LogP contribution in [0.5, 0.6) is 5.75 Å². The molecule has 352 valence electrons. The Bertz CT molecular complexity index is 2320. The molecule has 22 nitrogen and oxygen atoms in total. The Kier molecular flexibility index (Phi) is 15.8. The van der Waals surface area contributed by atoms with Gasteiger partial charge in [0, 0.05) is 23.9 Å². The van der Waals surface area contributed by atoms with Crippen LogP contribution >= 0.6 is 11.3 Å². The van der Waals surface area contributed by atoms with Crippen LogP contribution in [-0.2, 0) is 61.7 Å². The highest BCUT2D eigenvalue weighted by Crippen LogP contribution is 2.33. The minimum absolute atomic E-state index is 0.0155. The van der Waals surface area contributed by atoms with Crippen molar-refractivity contribution in [2.75, 3.05) is 18.5 Å². The number of esters is 1. The van der Waals surface area contributed by atoms with E-state index in [0.717, 1.165) is 22.6 Å². The van der Waals surface area contributed by atoms with Gasteiger partial charge in [0.2, 0.25) is 16.7 Å². The van der Waals surface area contributed by atoms with Gasteiger partial charge in [-0.25, -0.2) is 36.9 Å². The van der Waals surface area contributed by atoms with E-state index in [2.05, 4.69) is 30.4 Å². The topological polar surface area (TPSA) is 271 Å². The van der Waals surface area contributed by atoms with E-state index in [0.29, 0.717) is 30.3 Å². The van der Waals surface area contributed by atoms with Crippen LogP contribution < -0.4 is 25.3 Å². The summed E-state index contributed by atoms with van der Waals surface area (Å²) in [6.45, 7) is 18.5. The maximum atomic E-state index is 13.9. The van der Waals surface area contributed by atoms with E-state index >= 15 is 0 Å². The number of ether oxygens (including phenoxy) is 4. The van der Waals surface area contributed by atoms with Gasteiger partial charge in [-0.05, 0) is 100 Å². The predicted octanol–water partition coefficient (Wildman–Crippen LogP) is 3.71. The Balaban J connectivity index is 1.53. The number of alkyl carbamates (subject to hydrolysis) is 1. The first kappa shape index (κ1) is 50.8. The number of benzene rings is 1. The summed E-state index contributed by atoms with van der Waals surface area (Å²) in [6.07, 6.45) is 1.65. The summed E-state index contributed by atoms with van der Waals surface area (Å²) in [5.41, 5.74) is -2.96. The minimum atomic E-state index is -5.33. The summed E-state index contributed by atoms with van der Waals surface area (Å²) in [5.74, 6) is -2.71. The van der Waals surface area contributed by atoms with Crippen molar-refractivity contribution in [3.05, 3.63) is 47.9 Å². The lowest BCUT2D eigenvalue weighted by Gasteiger charge is -2.51. The normalized spacial score (nSPS) is 16.0. The van der Waals surface area contributed by atoms with Crippen molar-refractivity contribution in [2.24, 2.45) is 12.2 Å². The molecule has 1 aliphatic heterocycles. The van der Waals surface area contributed by atoms with Gasteiger partial charge in [-0.2, -0.15) is 9.35 Å². The van der Waals surface area contributed by atoms with Gasteiger partial charge < -0.3 is 39.0 Å². The number of β-lactam (4-membered cyclic amide) rings is 1. The SMILES string of the molecule is C[n+]1cn(CCCNC(=O)OC(C)(C)C)cc1-c1ccc(OC[C@H](O/N=C(\C(=O)N[C@@H]2C(=O)N(OS(=O)(=O)[O-])C2(C)C)c2csc(NC(=O)OC(C)(C)C)n2)C(=O)OC(C)(C)C)cc1. The molecule has 3 N–H and O–H groups in total. The van der Waals surface area contributed by atoms with Crippen molar-refractivity contribution in [2.45, 2.75) is 124 Å². The summed E-state index contributed by atoms with van der Waals surface area (Å²) >= 11 is 0.886. The Morgan fingerprint density at radius 1 is 0.969 bits per heavy atom. The molecule has 2 aromatic heterocycles.